The average Bonchev–Trinajstić information content (AvgIpc) is 3.05. The third-order valence-corrected chi connectivity index (χ3v) is 5.45. The Morgan fingerprint density at radius 2 is 1.52 bits per heavy atom. The molecular weight excluding hydrogens is 358 g/mol. The minimum atomic E-state index is 0.666. The smallest absolute Gasteiger partial charge is 0.160 e. The first-order valence-electron chi connectivity index (χ1n) is 10.0. The summed E-state index contributed by atoms with van der Waals surface area (Å²) in [7, 11) is 0. The maximum Gasteiger partial charge on any atom is 0.160 e. The van der Waals surface area contributed by atoms with Crippen LogP contribution in [0.3, 0.4) is 0 Å². The van der Waals surface area contributed by atoms with Crippen molar-refractivity contribution in [3.05, 3.63) is 77.9 Å². The highest BCUT2D eigenvalue weighted by atomic mass is 16.5. The van der Waals surface area contributed by atoms with Crippen LogP contribution >= 0.6 is 0 Å². The Hall–Kier alpha value is -3.40. The minimum Gasteiger partial charge on any atom is -0.493 e. The van der Waals surface area contributed by atoms with E-state index >= 15 is 0 Å². The first-order valence-corrected chi connectivity index (χ1v) is 10.0. The summed E-state index contributed by atoms with van der Waals surface area (Å²) in [5.74, 6) is 0.955. The molecule has 5 aromatic rings. The van der Waals surface area contributed by atoms with Gasteiger partial charge < -0.3 is 9.30 Å². The lowest BCUT2D eigenvalue weighted by Gasteiger charge is -2.11. The van der Waals surface area contributed by atoms with E-state index in [4.69, 9.17) is 14.7 Å². The van der Waals surface area contributed by atoms with Gasteiger partial charge in [0.25, 0.3) is 0 Å². The molecule has 0 aliphatic carbocycles. The van der Waals surface area contributed by atoms with Gasteiger partial charge in [-0.2, -0.15) is 0 Å². The van der Waals surface area contributed by atoms with Crippen LogP contribution < -0.4 is 4.74 Å². The second-order valence-corrected chi connectivity index (χ2v) is 7.47. The number of rotatable bonds is 5. The molecule has 5 rings (SSSR count). The molecule has 29 heavy (non-hydrogen) atoms. The van der Waals surface area contributed by atoms with Crippen LogP contribution in [-0.2, 0) is 6.54 Å². The Labute approximate surface area is 169 Å². The predicted molar refractivity (Wildman–Crippen MR) is 119 cm³/mol. The number of fused-ring (bicyclic) bond motifs is 4. The highest BCUT2D eigenvalue weighted by molar-refractivity contribution is 6.07. The van der Waals surface area contributed by atoms with E-state index in [9.17, 15) is 0 Å². The summed E-state index contributed by atoms with van der Waals surface area (Å²) in [4.78, 5) is 9.91. The number of aryl methyl sites for hydroxylation is 3. The fourth-order valence-corrected chi connectivity index (χ4v) is 4.01. The predicted octanol–water partition coefficient (Wildman–Crippen LogP) is 5.82. The van der Waals surface area contributed by atoms with E-state index in [1.54, 1.807) is 0 Å². The van der Waals surface area contributed by atoms with Crippen molar-refractivity contribution in [2.45, 2.75) is 26.8 Å². The zero-order valence-corrected chi connectivity index (χ0v) is 16.7. The van der Waals surface area contributed by atoms with E-state index in [0.29, 0.717) is 6.61 Å². The SMILES string of the molecule is Cc1ccccc1OCCCn1c2nc3ccccc3nc2c2cccc(C)c21. The van der Waals surface area contributed by atoms with Crippen molar-refractivity contribution in [1.29, 1.82) is 0 Å². The van der Waals surface area contributed by atoms with Crippen LogP contribution in [0.1, 0.15) is 17.5 Å². The molecule has 0 saturated heterocycles. The van der Waals surface area contributed by atoms with E-state index in [2.05, 4.69) is 42.7 Å². The number of benzene rings is 3. The highest BCUT2D eigenvalue weighted by Crippen LogP contribution is 2.30. The van der Waals surface area contributed by atoms with Crippen molar-refractivity contribution in [3.63, 3.8) is 0 Å². The van der Waals surface area contributed by atoms with Gasteiger partial charge in [0.1, 0.15) is 11.3 Å². The van der Waals surface area contributed by atoms with E-state index < -0.39 is 0 Å². The normalized spacial score (nSPS) is 11.5. The first-order chi connectivity index (χ1) is 14.2. The summed E-state index contributed by atoms with van der Waals surface area (Å²) in [6.45, 7) is 5.73. The molecule has 3 aromatic carbocycles. The van der Waals surface area contributed by atoms with Crippen LogP contribution in [0.2, 0.25) is 0 Å². The van der Waals surface area contributed by atoms with Crippen LogP contribution in [0, 0.1) is 13.8 Å². The lowest BCUT2D eigenvalue weighted by Crippen LogP contribution is -2.06. The third-order valence-electron chi connectivity index (χ3n) is 5.45. The van der Waals surface area contributed by atoms with Crippen molar-refractivity contribution in [3.8, 4) is 5.75 Å². The Balaban J connectivity index is 1.52. The minimum absolute atomic E-state index is 0.666. The van der Waals surface area contributed by atoms with Gasteiger partial charge in [-0.15, -0.1) is 0 Å². The molecule has 0 radical (unpaired) electrons. The number of hydrogen-bond acceptors (Lipinski definition) is 3. The van der Waals surface area contributed by atoms with Gasteiger partial charge in [0.05, 0.1) is 23.2 Å². The fourth-order valence-electron chi connectivity index (χ4n) is 4.01. The second-order valence-electron chi connectivity index (χ2n) is 7.47. The molecule has 0 aliphatic rings. The van der Waals surface area contributed by atoms with Gasteiger partial charge in [0, 0.05) is 11.9 Å². The highest BCUT2D eigenvalue weighted by Gasteiger charge is 2.15. The summed E-state index contributed by atoms with van der Waals surface area (Å²) in [5, 5.41) is 1.16. The maximum absolute atomic E-state index is 6.01. The molecule has 144 valence electrons. The van der Waals surface area contributed by atoms with Crippen LogP contribution in [0.5, 0.6) is 5.75 Å². The monoisotopic (exact) mass is 381 g/mol. The molecule has 0 aliphatic heterocycles. The van der Waals surface area contributed by atoms with Crippen LogP contribution in [-0.4, -0.2) is 21.1 Å². The number of nitrogens with zero attached hydrogens (tertiary/aromatic N) is 3. The maximum atomic E-state index is 6.01. The molecular formula is C25H23N3O. The molecule has 0 fully saturated rings. The van der Waals surface area contributed by atoms with Gasteiger partial charge in [-0.25, -0.2) is 9.97 Å². The standard InChI is InChI=1S/C25H23N3O/c1-17-9-3-6-14-22(17)29-16-8-15-28-24-18(2)10-7-11-19(24)23-25(28)27-21-13-5-4-12-20(21)26-23/h3-7,9-14H,8,15-16H2,1-2H3. The van der Waals surface area contributed by atoms with Crippen LogP contribution in [0.25, 0.3) is 33.1 Å². The molecule has 4 nitrogen and oxygen atoms in total. The topological polar surface area (TPSA) is 39.9 Å². The summed E-state index contributed by atoms with van der Waals surface area (Å²) in [6, 6.07) is 22.6. The molecule has 0 spiro atoms. The molecule has 0 saturated carbocycles. The van der Waals surface area contributed by atoms with Crippen molar-refractivity contribution in [2.24, 2.45) is 0 Å². The van der Waals surface area contributed by atoms with Gasteiger partial charge in [-0.05, 0) is 49.6 Å². The Kier molecular flexibility index (Phi) is 4.39. The van der Waals surface area contributed by atoms with Crippen molar-refractivity contribution >= 4 is 33.1 Å². The lowest BCUT2D eigenvalue weighted by molar-refractivity contribution is 0.301. The number of hydrogen-bond donors (Lipinski definition) is 0. The van der Waals surface area contributed by atoms with Gasteiger partial charge in [0.15, 0.2) is 5.65 Å². The zero-order valence-electron chi connectivity index (χ0n) is 16.7. The quantitative estimate of drug-likeness (QED) is 0.360. The molecule has 0 bridgehead atoms. The van der Waals surface area contributed by atoms with Crippen molar-refractivity contribution in [2.75, 3.05) is 6.61 Å². The van der Waals surface area contributed by atoms with Crippen molar-refractivity contribution < 1.29 is 4.74 Å². The van der Waals surface area contributed by atoms with E-state index in [1.165, 1.54) is 11.1 Å². The number of ether oxygens (including phenoxy) is 1. The van der Waals surface area contributed by atoms with Crippen molar-refractivity contribution in [1.82, 2.24) is 14.5 Å². The largest absolute Gasteiger partial charge is 0.493 e. The zero-order chi connectivity index (χ0) is 19.8. The second kappa shape index (κ2) is 7.21. The Bertz CT molecular complexity index is 1340. The molecule has 0 amide bonds. The summed E-state index contributed by atoms with van der Waals surface area (Å²) < 4.78 is 8.32. The van der Waals surface area contributed by atoms with Crippen LogP contribution in [0.15, 0.2) is 66.7 Å². The summed E-state index contributed by atoms with van der Waals surface area (Å²) in [5.41, 5.74) is 7.41. The molecule has 0 atom stereocenters. The Morgan fingerprint density at radius 3 is 2.34 bits per heavy atom. The number of para-hydroxylation sites is 4. The molecule has 2 heterocycles. The van der Waals surface area contributed by atoms with Crippen LogP contribution in [0.4, 0.5) is 0 Å². The van der Waals surface area contributed by atoms with E-state index in [0.717, 1.165) is 51.9 Å². The third kappa shape index (κ3) is 3.11. The fraction of sp³-hybridized carbons (Fsp3) is 0.200. The van der Waals surface area contributed by atoms with E-state index in [1.807, 2.05) is 42.5 Å². The van der Waals surface area contributed by atoms with Gasteiger partial charge in [-0.3, -0.25) is 0 Å². The average molecular weight is 381 g/mol. The number of aromatic nitrogens is 3. The van der Waals surface area contributed by atoms with Gasteiger partial charge in [0.2, 0.25) is 0 Å². The van der Waals surface area contributed by atoms with Gasteiger partial charge in [-0.1, -0.05) is 48.5 Å². The Morgan fingerprint density at radius 1 is 0.793 bits per heavy atom. The lowest BCUT2D eigenvalue weighted by atomic mass is 10.1. The molecule has 0 unspecified atom stereocenters. The summed E-state index contributed by atoms with van der Waals surface area (Å²) >= 11 is 0. The molecule has 4 heteroatoms. The first kappa shape index (κ1) is 17.7. The molecule has 0 N–H and O–H groups in total. The van der Waals surface area contributed by atoms with E-state index in [-0.39, 0.29) is 0 Å². The van der Waals surface area contributed by atoms with Gasteiger partial charge >= 0.3 is 0 Å². The summed E-state index contributed by atoms with van der Waals surface area (Å²) in [6.07, 6.45) is 0.899. The molecule has 2 aromatic heterocycles.